The second-order valence-corrected chi connectivity index (χ2v) is 14.1. The van der Waals surface area contributed by atoms with Gasteiger partial charge in [-0.25, -0.2) is 0 Å². The van der Waals surface area contributed by atoms with Crippen LogP contribution < -0.4 is 10.6 Å². The van der Waals surface area contributed by atoms with E-state index in [0.717, 1.165) is 12.0 Å². The molecule has 0 aromatic heterocycles. The van der Waals surface area contributed by atoms with E-state index >= 15 is 0 Å². The molecule has 0 unspecified atom stereocenters. The summed E-state index contributed by atoms with van der Waals surface area (Å²) in [7, 11) is 5.29. The van der Waals surface area contributed by atoms with Crippen molar-refractivity contribution in [2.24, 2.45) is 17.8 Å². The SMILES string of the molecule is CC(C)[C@@H](C(=O)N1CCC[C@@H]1C(=O)N1CCC[C@@H]1C(=O)NCc1ccccc1)N(C)C(=O)[C@H](NC(=O)[C@@H](C(C)C)N(C)C)C(C)C. The van der Waals surface area contributed by atoms with E-state index in [1.165, 1.54) is 4.90 Å². The second-order valence-electron chi connectivity index (χ2n) is 14.1. The summed E-state index contributed by atoms with van der Waals surface area (Å²) >= 11 is 0. The predicted molar refractivity (Wildman–Crippen MR) is 178 cm³/mol. The number of rotatable bonds is 13. The molecule has 0 radical (unpaired) electrons. The number of amides is 5. The van der Waals surface area contributed by atoms with Gasteiger partial charge < -0.3 is 25.3 Å². The molecular weight excluding hydrogens is 584 g/mol. The van der Waals surface area contributed by atoms with Crippen molar-refractivity contribution in [3.63, 3.8) is 0 Å². The van der Waals surface area contributed by atoms with Crippen LogP contribution >= 0.6 is 0 Å². The zero-order chi connectivity index (χ0) is 34.3. The maximum absolute atomic E-state index is 14.2. The molecule has 1 aromatic rings. The van der Waals surface area contributed by atoms with Crippen molar-refractivity contribution in [3.8, 4) is 0 Å². The third kappa shape index (κ3) is 8.66. The highest BCUT2D eigenvalue weighted by Gasteiger charge is 2.45. The fraction of sp³-hybridized carbons (Fsp3) is 0.686. The molecule has 2 saturated heterocycles. The minimum Gasteiger partial charge on any atom is -0.350 e. The number of hydrogen-bond acceptors (Lipinski definition) is 6. The van der Waals surface area contributed by atoms with Crippen molar-refractivity contribution < 1.29 is 24.0 Å². The number of nitrogens with zero attached hydrogens (tertiary/aromatic N) is 4. The fourth-order valence-electron chi connectivity index (χ4n) is 6.99. The molecule has 2 aliphatic rings. The Labute approximate surface area is 275 Å². The molecule has 11 nitrogen and oxygen atoms in total. The fourth-order valence-corrected chi connectivity index (χ4v) is 6.99. The maximum atomic E-state index is 14.2. The molecule has 5 amide bonds. The average Bonchev–Trinajstić information content (AvgIpc) is 3.68. The van der Waals surface area contributed by atoms with E-state index in [1.54, 1.807) is 16.8 Å². The average molecular weight is 641 g/mol. The molecule has 0 spiro atoms. The van der Waals surface area contributed by atoms with Gasteiger partial charge in [0.25, 0.3) is 0 Å². The van der Waals surface area contributed by atoms with E-state index in [-0.39, 0.29) is 47.3 Å². The molecule has 0 saturated carbocycles. The first-order valence-electron chi connectivity index (χ1n) is 16.8. The lowest BCUT2D eigenvalue weighted by Gasteiger charge is -2.38. The van der Waals surface area contributed by atoms with Gasteiger partial charge in [-0.2, -0.15) is 0 Å². The lowest BCUT2D eigenvalue weighted by molar-refractivity contribution is -0.153. The standard InChI is InChI=1S/C35H56N6O5/c1-22(2)28(37-32(43)29(23(3)4)38(7)8)34(45)39(9)30(24(5)6)35(46)41-20-14-18-27(41)33(44)40-19-13-17-26(40)31(42)36-21-25-15-11-10-12-16-25/h10-12,15-16,22-24,26-30H,13-14,17-21H2,1-9H3,(H,36,42)(H,37,43)/t26-,27-,28-,29-,30+/m1/s1. The number of likely N-dealkylation sites (tertiary alicyclic amines) is 2. The molecule has 5 atom stereocenters. The smallest absolute Gasteiger partial charge is 0.246 e. The summed E-state index contributed by atoms with van der Waals surface area (Å²) in [6, 6.07) is 6.32. The van der Waals surface area contributed by atoms with E-state index in [2.05, 4.69) is 10.6 Å². The van der Waals surface area contributed by atoms with E-state index in [4.69, 9.17) is 0 Å². The first-order valence-corrected chi connectivity index (χ1v) is 16.8. The van der Waals surface area contributed by atoms with Crippen molar-refractivity contribution in [1.82, 2.24) is 30.2 Å². The van der Waals surface area contributed by atoms with Crippen LogP contribution in [0.15, 0.2) is 30.3 Å². The monoisotopic (exact) mass is 640 g/mol. The van der Waals surface area contributed by atoms with Gasteiger partial charge in [-0.05, 0) is 63.1 Å². The topological polar surface area (TPSA) is 122 Å². The highest BCUT2D eigenvalue weighted by atomic mass is 16.2. The van der Waals surface area contributed by atoms with Gasteiger partial charge in [-0.3, -0.25) is 28.9 Å². The van der Waals surface area contributed by atoms with Crippen molar-refractivity contribution in [2.75, 3.05) is 34.2 Å². The Kier molecular flexibility index (Phi) is 13.2. The molecule has 2 fully saturated rings. The van der Waals surface area contributed by atoms with Gasteiger partial charge in [0, 0.05) is 26.7 Å². The quantitative estimate of drug-likeness (QED) is 0.342. The van der Waals surface area contributed by atoms with Gasteiger partial charge in [-0.15, -0.1) is 0 Å². The molecule has 3 rings (SSSR count). The van der Waals surface area contributed by atoms with Gasteiger partial charge in [0.05, 0.1) is 6.04 Å². The number of carbonyl (C=O) groups excluding carboxylic acids is 5. The molecule has 256 valence electrons. The van der Waals surface area contributed by atoms with Crippen molar-refractivity contribution in [3.05, 3.63) is 35.9 Å². The lowest BCUT2D eigenvalue weighted by Crippen LogP contribution is -2.61. The van der Waals surface area contributed by atoms with Crippen molar-refractivity contribution >= 4 is 29.5 Å². The second kappa shape index (κ2) is 16.4. The van der Waals surface area contributed by atoms with E-state index in [9.17, 15) is 24.0 Å². The Hall–Kier alpha value is -3.47. The predicted octanol–water partition coefficient (Wildman–Crippen LogP) is 2.49. The highest BCUT2D eigenvalue weighted by Crippen LogP contribution is 2.28. The van der Waals surface area contributed by atoms with E-state index in [0.29, 0.717) is 38.9 Å². The van der Waals surface area contributed by atoms with Crippen LogP contribution in [-0.2, 0) is 30.5 Å². The highest BCUT2D eigenvalue weighted by molar-refractivity contribution is 5.96. The first-order chi connectivity index (χ1) is 21.7. The summed E-state index contributed by atoms with van der Waals surface area (Å²) in [5.74, 6) is -1.67. The van der Waals surface area contributed by atoms with Crippen LogP contribution in [0.5, 0.6) is 0 Å². The van der Waals surface area contributed by atoms with Gasteiger partial charge in [0.15, 0.2) is 0 Å². The zero-order valence-corrected chi connectivity index (χ0v) is 29.3. The van der Waals surface area contributed by atoms with Crippen LogP contribution in [0.3, 0.4) is 0 Å². The number of hydrogen-bond donors (Lipinski definition) is 2. The Bertz CT molecular complexity index is 1210. The molecule has 2 heterocycles. The molecule has 46 heavy (non-hydrogen) atoms. The van der Waals surface area contributed by atoms with Crippen LogP contribution in [-0.4, -0.2) is 114 Å². The first kappa shape index (κ1) is 37.0. The third-order valence-electron chi connectivity index (χ3n) is 9.31. The molecule has 0 bridgehead atoms. The van der Waals surface area contributed by atoms with E-state index < -0.39 is 30.2 Å². The minimum absolute atomic E-state index is 0.0374. The van der Waals surface area contributed by atoms with Crippen LogP contribution in [0.4, 0.5) is 0 Å². The number of carbonyl (C=O) groups is 5. The molecule has 2 N–H and O–H groups in total. The Morgan fingerprint density at radius 2 is 1.35 bits per heavy atom. The Balaban J connectivity index is 1.75. The summed E-state index contributed by atoms with van der Waals surface area (Å²) < 4.78 is 0. The van der Waals surface area contributed by atoms with Crippen LogP contribution in [0, 0.1) is 17.8 Å². The van der Waals surface area contributed by atoms with Crippen LogP contribution in [0.2, 0.25) is 0 Å². The number of nitrogens with one attached hydrogen (secondary N) is 2. The normalized spacial score (nSPS) is 20.3. The maximum Gasteiger partial charge on any atom is 0.246 e. The van der Waals surface area contributed by atoms with Gasteiger partial charge >= 0.3 is 0 Å². The van der Waals surface area contributed by atoms with Gasteiger partial charge in [0.2, 0.25) is 29.5 Å². The largest absolute Gasteiger partial charge is 0.350 e. The van der Waals surface area contributed by atoms with E-state index in [1.807, 2.05) is 90.9 Å². The van der Waals surface area contributed by atoms with Crippen LogP contribution in [0.25, 0.3) is 0 Å². The summed E-state index contributed by atoms with van der Waals surface area (Å²) in [5, 5.41) is 5.94. The number of likely N-dealkylation sites (N-methyl/N-ethyl adjacent to an activating group) is 2. The molecule has 2 aliphatic heterocycles. The Morgan fingerprint density at radius 1 is 0.783 bits per heavy atom. The van der Waals surface area contributed by atoms with Gasteiger partial charge in [-0.1, -0.05) is 71.9 Å². The Morgan fingerprint density at radius 3 is 1.89 bits per heavy atom. The molecular formula is C35H56N6O5. The molecule has 1 aromatic carbocycles. The lowest BCUT2D eigenvalue weighted by atomic mass is 9.96. The molecule has 0 aliphatic carbocycles. The van der Waals surface area contributed by atoms with Crippen molar-refractivity contribution in [2.45, 2.75) is 104 Å². The third-order valence-corrected chi connectivity index (χ3v) is 9.31. The van der Waals surface area contributed by atoms with Crippen LogP contribution in [0.1, 0.15) is 72.8 Å². The summed E-state index contributed by atoms with van der Waals surface area (Å²) in [4.78, 5) is 75.1. The van der Waals surface area contributed by atoms with Crippen molar-refractivity contribution in [1.29, 1.82) is 0 Å². The number of benzene rings is 1. The molecule has 11 heteroatoms. The minimum atomic E-state index is -0.822. The summed E-state index contributed by atoms with van der Waals surface area (Å²) in [5.41, 5.74) is 0.981. The van der Waals surface area contributed by atoms with Gasteiger partial charge in [0.1, 0.15) is 24.2 Å². The summed E-state index contributed by atoms with van der Waals surface area (Å²) in [6.45, 7) is 12.7. The summed E-state index contributed by atoms with van der Waals surface area (Å²) in [6.07, 6.45) is 2.46. The zero-order valence-electron chi connectivity index (χ0n) is 29.3.